The molecule has 0 unspecified atom stereocenters. The minimum Gasteiger partial charge on any atom is -0.370 e. The van der Waals surface area contributed by atoms with Crippen molar-refractivity contribution in [3.05, 3.63) is 39.8 Å². The maximum atomic E-state index is 12.4. The molecule has 4 N–H and O–H groups in total. The molecule has 150 valence electrons. The van der Waals surface area contributed by atoms with Gasteiger partial charge in [0.15, 0.2) is 0 Å². The fourth-order valence-corrected chi connectivity index (χ4v) is 4.08. The lowest BCUT2D eigenvalue weighted by molar-refractivity contribution is 0.100. The number of rotatable bonds is 7. The average molecular weight is 402 g/mol. The van der Waals surface area contributed by atoms with Crippen molar-refractivity contribution in [2.75, 3.05) is 29.9 Å². The van der Waals surface area contributed by atoms with Crippen LogP contribution in [0.4, 0.5) is 16.2 Å². The van der Waals surface area contributed by atoms with Crippen LogP contribution < -0.4 is 21.3 Å². The number of primary amides is 1. The molecule has 1 aromatic carbocycles. The second-order valence-electron chi connectivity index (χ2n) is 6.86. The van der Waals surface area contributed by atoms with Crippen molar-refractivity contribution >= 4 is 34.6 Å². The lowest BCUT2D eigenvalue weighted by Crippen LogP contribution is -2.33. The molecule has 0 saturated carbocycles. The van der Waals surface area contributed by atoms with E-state index in [-0.39, 0.29) is 6.03 Å². The maximum Gasteiger partial charge on any atom is 0.319 e. The molecule has 3 rings (SSSR count). The van der Waals surface area contributed by atoms with E-state index in [4.69, 9.17) is 5.73 Å². The van der Waals surface area contributed by atoms with Crippen LogP contribution in [0.15, 0.2) is 23.6 Å². The molecule has 0 radical (unpaired) electrons. The summed E-state index contributed by atoms with van der Waals surface area (Å²) >= 11 is 1.64. The van der Waals surface area contributed by atoms with Crippen molar-refractivity contribution in [2.24, 2.45) is 5.73 Å². The van der Waals surface area contributed by atoms with E-state index in [0.29, 0.717) is 24.2 Å². The Morgan fingerprint density at radius 2 is 2.04 bits per heavy atom. The summed E-state index contributed by atoms with van der Waals surface area (Å²) in [5, 5.41) is 8.89. The highest BCUT2D eigenvalue weighted by Gasteiger charge is 2.17. The largest absolute Gasteiger partial charge is 0.370 e. The number of nitrogens with two attached hydrogens (primary N) is 1. The first-order valence-corrected chi connectivity index (χ1v) is 10.6. The van der Waals surface area contributed by atoms with Gasteiger partial charge in [0.25, 0.3) is 0 Å². The van der Waals surface area contributed by atoms with Crippen LogP contribution in [0.2, 0.25) is 0 Å². The highest BCUT2D eigenvalue weighted by atomic mass is 32.1. The van der Waals surface area contributed by atoms with Gasteiger partial charge in [-0.3, -0.25) is 4.79 Å². The number of carbonyl (C=O) groups excluding carboxylic acids is 2. The van der Waals surface area contributed by atoms with Gasteiger partial charge >= 0.3 is 6.03 Å². The Hall–Kier alpha value is -2.61. The number of hydrogen-bond donors (Lipinski definition) is 3. The van der Waals surface area contributed by atoms with Gasteiger partial charge in [0.05, 0.1) is 22.1 Å². The van der Waals surface area contributed by atoms with Gasteiger partial charge in [0, 0.05) is 37.0 Å². The Labute approximate surface area is 169 Å². The van der Waals surface area contributed by atoms with Crippen molar-refractivity contribution in [1.29, 1.82) is 0 Å². The van der Waals surface area contributed by atoms with Crippen LogP contribution in [0.1, 0.15) is 47.2 Å². The topological polar surface area (TPSA) is 100 Å². The fraction of sp³-hybridized carbons (Fsp3) is 0.450. The van der Waals surface area contributed by atoms with Gasteiger partial charge in [0.2, 0.25) is 5.91 Å². The number of thiazole rings is 1. The molecule has 1 aromatic heterocycles. The molecule has 1 fully saturated rings. The first-order valence-electron chi connectivity index (χ1n) is 9.73. The zero-order valence-corrected chi connectivity index (χ0v) is 17.0. The van der Waals surface area contributed by atoms with Gasteiger partial charge in [-0.1, -0.05) is 6.92 Å². The van der Waals surface area contributed by atoms with Crippen molar-refractivity contribution in [1.82, 2.24) is 10.3 Å². The third kappa shape index (κ3) is 5.22. The molecule has 0 bridgehead atoms. The van der Waals surface area contributed by atoms with Crippen LogP contribution >= 0.6 is 11.3 Å². The number of urea groups is 1. The van der Waals surface area contributed by atoms with Gasteiger partial charge in [-0.25, -0.2) is 9.78 Å². The number of nitrogens with one attached hydrogen (secondary N) is 2. The second kappa shape index (κ2) is 9.54. The lowest BCUT2D eigenvalue weighted by atomic mass is 10.1. The SMILES string of the molecule is CCc1nc(CCNC(=O)Nc2cc(C(N)=O)ccc2N2CCCCC2)cs1. The molecule has 1 aliphatic rings. The second-order valence-corrected chi connectivity index (χ2v) is 7.80. The van der Waals surface area contributed by atoms with Gasteiger partial charge in [-0.15, -0.1) is 11.3 Å². The number of aryl methyl sites for hydroxylation is 1. The Kier molecular flexibility index (Phi) is 6.86. The number of nitrogens with zero attached hydrogens (tertiary/aromatic N) is 2. The van der Waals surface area contributed by atoms with E-state index < -0.39 is 5.91 Å². The van der Waals surface area contributed by atoms with Crippen LogP contribution in [0.5, 0.6) is 0 Å². The van der Waals surface area contributed by atoms with E-state index in [9.17, 15) is 9.59 Å². The summed E-state index contributed by atoms with van der Waals surface area (Å²) in [7, 11) is 0. The normalized spacial score (nSPS) is 14.0. The number of piperidine rings is 1. The molecule has 28 heavy (non-hydrogen) atoms. The maximum absolute atomic E-state index is 12.4. The molecule has 0 spiro atoms. The number of hydrogen-bond acceptors (Lipinski definition) is 5. The Morgan fingerprint density at radius 1 is 1.25 bits per heavy atom. The number of aromatic nitrogens is 1. The highest BCUT2D eigenvalue weighted by Crippen LogP contribution is 2.29. The molecule has 2 aromatic rings. The number of amides is 3. The Balaban J connectivity index is 1.64. The van der Waals surface area contributed by atoms with Gasteiger partial charge in [-0.05, 0) is 43.9 Å². The van der Waals surface area contributed by atoms with E-state index in [1.54, 1.807) is 23.5 Å². The molecule has 1 aliphatic heterocycles. The first-order chi connectivity index (χ1) is 13.6. The zero-order chi connectivity index (χ0) is 19.9. The Bertz CT molecular complexity index is 830. The zero-order valence-electron chi connectivity index (χ0n) is 16.2. The fourth-order valence-electron chi connectivity index (χ4n) is 3.30. The first kappa shape index (κ1) is 20.1. The summed E-state index contributed by atoms with van der Waals surface area (Å²) in [5.74, 6) is -0.510. The Morgan fingerprint density at radius 3 is 2.71 bits per heavy atom. The molecular formula is C20H27N5O2S. The van der Waals surface area contributed by atoms with Crippen LogP contribution in [0.3, 0.4) is 0 Å². The molecule has 2 heterocycles. The quantitative estimate of drug-likeness (QED) is 0.663. The van der Waals surface area contributed by atoms with E-state index >= 15 is 0 Å². The van der Waals surface area contributed by atoms with Crippen LogP contribution in [-0.4, -0.2) is 36.6 Å². The summed E-state index contributed by atoms with van der Waals surface area (Å²) in [6, 6.07) is 4.93. The van der Waals surface area contributed by atoms with E-state index in [0.717, 1.165) is 48.7 Å². The monoisotopic (exact) mass is 401 g/mol. The van der Waals surface area contributed by atoms with E-state index in [1.807, 2.05) is 11.4 Å². The molecule has 8 heteroatoms. The third-order valence-corrected chi connectivity index (χ3v) is 5.84. The number of carbonyl (C=O) groups is 2. The van der Waals surface area contributed by atoms with Crippen molar-refractivity contribution in [2.45, 2.75) is 39.0 Å². The summed E-state index contributed by atoms with van der Waals surface area (Å²) in [5.41, 5.74) is 8.32. The molecule has 3 amide bonds. The summed E-state index contributed by atoms with van der Waals surface area (Å²) in [6.07, 6.45) is 5.07. The lowest BCUT2D eigenvalue weighted by Gasteiger charge is -2.30. The predicted octanol–water partition coefficient (Wildman–Crippen LogP) is 3.16. The minimum absolute atomic E-state index is 0.300. The summed E-state index contributed by atoms with van der Waals surface area (Å²) < 4.78 is 0. The number of benzene rings is 1. The minimum atomic E-state index is -0.510. The summed E-state index contributed by atoms with van der Waals surface area (Å²) in [6.45, 7) is 4.45. The standard InChI is InChI=1S/C20H27N5O2S/c1-2-18-23-15(13-28-18)8-9-22-20(27)24-16-12-14(19(21)26)6-7-17(16)25-10-4-3-5-11-25/h6-7,12-13H,2-5,8-11H2,1H3,(H2,21,26)(H2,22,24,27). The van der Waals surface area contributed by atoms with E-state index in [2.05, 4.69) is 27.4 Å². The molecule has 0 atom stereocenters. The van der Waals surface area contributed by atoms with Crippen LogP contribution in [0.25, 0.3) is 0 Å². The van der Waals surface area contributed by atoms with Crippen molar-refractivity contribution in [3.63, 3.8) is 0 Å². The average Bonchev–Trinajstić information content (AvgIpc) is 3.16. The molecular weight excluding hydrogens is 374 g/mol. The molecule has 7 nitrogen and oxygen atoms in total. The van der Waals surface area contributed by atoms with Gasteiger partial charge < -0.3 is 21.3 Å². The van der Waals surface area contributed by atoms with E-state index in [1.165, 1.54) is 6.42 Å². The molecule has 0 aliphatic carbocycles. The van der Waals surface area contributed by atoms with Gasteiger partial charge in [-0.2, -0.15) is 0 Å². The smallest absolute Gasteiger partial charge is 0.319 e. The van der Waals surface area contributed by atoms with Gasteiger partial charge in [0.1, 0.15) is 0 Å². The predicted molar refractivity (Wildman–Crippen MR) is 113 cm³/mol. The van der Waals surface area contributed by atoms with Crippen molar-refractivity contribution in [3.8, 4) is 0 Å². The summed E-state index contributed by atoms with van der Waals surface area (Å²) in [4.78, 5) is 30.7. The molecule has 1 saturated heterocycles. The third-order valence-electron chi connectivity index (χ3n) is 4.79. The van der Waals surface area contributed by atoms with Crippen molar-refractivity contribution < 1.29 is 9.59 Å². The number of anilines is 2. The highest BCUT2D eigenvalue weighted by molar-refractivity contribution is 7.09. The van der Waals surface area contributed by atoms with Crippen LogP contribution in [-0.2, 0) is 12.8 Å². The van der Waals surface area contributed by atoms with Crippen LogP contribution in [0, 0.1) is 0 Å².